The highest BCUT2D eigenvalue weighted by Crippen LogP contribution is 2.32. The van der Waals surface area contributed by atoms with E-state index in [2.05, 4.69) is 9.88 Å². The minimum Gasteiger partial charge on any atom is -0.468 e. The first kappa shape index (κ1) is 14.9. The zero-order chi connectivity index (χ0) is 15.5. The fourth-order valence-corrected chi connectivity index (χ4v) is 3.62. The molecule has 0 aliphatic carbocycles. The lowest BCUT2D eigenvalue weighted by Crippen LogP contribution is -2.41. The summed E-state index contributed by atoms with van der Waals surface area (Å²) in [5.41, 5.74) is 1.10. The molecule has 2 aliphatic heterocycles. The van der Waals surface area contributed by atoms with Crippen LogP contribution >= 0.6 is 0 Å². The van der Waals surface area contributed by atoms with Crippen molar-refractivity contribution in [2.45, 2.75) is 44.2 Å². The second-order valence-corrected chi connectivity index (χ2v) is 6.26. The molecule has 4 rings (SSSR count). The molecule has 23 heavy (non-hydrogen) atoms. The van der Waals surface area contributed by atoms with Crippen molar-refractivity contribution in [3.63, 3.8) is 0 Å². The van der Waals surface area contributed by atoms with Crippen LogP contribution in [-0.2, 0) is 22.6 Å². The van der Waals surface area contributed by atoms with Gasteiger partial charge in [0.05, 0.1) is 25.5 Å². The Morgan fingerprint density at radius 3 is 3.13 bits per heavy atom. The van der Waals surface area contributed by atoms with Crippen LogP contribution in [0.25, 0.3) is 0 Å². The molecule has 122 valence electrons. The fourth-order valence-electron chi connectivity index (χ4n) is 3.62. The highest BCUT2D eigenvalue weighted by molar-refractivity contribution is 5.08. The fraction of sp³-hybridized carbons (Fsp3) is 0.500. The number of pyridine rings is 1. The Hall–Kier alpha value is -1.69. The lowest BCUT2D eigenvalue weighted by atomic mass is 10.0. The van der Waals surface area contributed by atoms with Crippen molar-refractivity contribution in [2.75, 3.05) is 13.2 Å². The maximum Gasteiger partial charge on any atom is 0.117 e. The summed E-state index contributed by atoms with van der Waals surface area (Å²) in [5, 5.41) is 0. The Kier molecular flexibility index (Phi) is 4.41. The minimum atomic E-state index is 0.107. The van der Waals surface area contributed by atoms with Crippen molar-refractivity contribution in [3.05, 3.63) is 54.2 Å². The molecule has 5 nitrogen and oxygen atoms in total. The molecule has 2 aromatic heterocycles. The zero-order valence-electron chi connectivity index (χ0n) is 13.1. The van der Waals surface area contributed by atoms with Crippen molar-refractivity contribution in [1.82, 2.24) is 9.88 Å². The van der Waals surface area contributed by atoms with Gasteiger partial charge in [-0.2, -0.15) is 0 Å². The number of likely N-dealkylation sites (tertiary alicyclic amines) is 1. The largest absolute Gasteiger partial charge is 0.468 e. The molecular formula is C18H22N2O3. The normalized spacial score (nSPS) is 27.9. The number of ether oxygens (including phenoxy) is 2. The van der Waals surface area contributed by atoms with E-state index in [4.69, 9.17) is 13.9 Å². The molecule has 0 amide bonds. The Morgan fingerprint density at radius 1 is 1.30 bits per heavy atom. The average molecular weight is 314 g/mol. The zero-order valence-corrected chi connectivity index (χ0v) is 13.1. The second kappa shape index (κ2) is 6.83. The van der Waals surface area contributed by atoms with Gasteiger partial charge in [0.2, 0.25) is 0 Å². The summed E-state index contributed by atoms with van der Waals surface area (Å²) in [6.07, 6.45) is 7.92. The highest BCUT2D eigenvalue weighted by atomic mass is 16.5. The van der Waals surface area contributed by atoms with Crippen molar-refractivity contribution >= 4 is 0 Å². The molecule has 0 bridgehead atoms. The Labute approximate surface area is 136 Å². The first-order valence-electron chi connectivity index (χ1n) is 8.29. The average Bonchev–Trinajstić information content (AvgIpc) is 3.23. The molecule has 0 aromatic carbocycles. The van der Waals surface area contributed by atoms with Crippen LogP contribution in [0, 0.1) is 0 Å². The third-order valence-corrected chi connectivity index (χ3v) is 4.71. The standard InChI is InChI=1S/C18H22N2O3/c1-4-14(10-19-7-1)13-23-17-12-20(11-15-5-2-8-21-15)16-6-3-9-22-18(16)17/h1-2,4-5,7-8,10,16-18H,3,6,9,11-13H2/t16-,17+,18+/m0/s1. The van der Waals surface area contributed by atoms with E-state index in [0.717, 1.165) is 43.9 Å². The van der Waals surface area contributed by atoms with Crippen LogP contribution in [0.1, 0.15) is 24.2 Å². The van der Waals surface area contributed by atoms with Gasteiger partial charge in [-0.25, -0.2) is 0 Å². The molecule has 0 radical (unpaired) electrons. The van der Waals surface area contributed by atoms with Crippen LogP contribution in [-0.4, -0.2) is 41.3 Å². The van der Waals surface area contributed by atoms with Crippen LogP contribution in [0.4, 0.5) is 0 Å². The van der Waals surface area contributed by atoms with Gasteiger partial charge in [0.25, 0.3) is 0 Å². The van der Waals surface area contributed by atoms with E-state index >= 15 is 0 Å². The van der Waals surface area contributed by atoms with Gasteiger partial charge in [0, 0.05) is 31.6 Å². The maximum atomic E-state index is 6.17. The molecule has 0 saturated carbocycles. The Bertz CT molecular complexity index is 602. The van der Waals surface area contributed by atoms with E-state index in [9.17, 15) is 0 Å². The number of hydrogen-bond acceptors (Lipinski definition) is 5. The molecule has 0 spiro atoms. The number of furan rings is 1. The molecule has 2 saturated heterocycles. The predicted octanol–water partition coefficient (Wildman–Crippen LogP) is 2.62. The third-order valence-electron chi connectivity index (χ3n) is 4.71. The van der Waals surface area contributed by atoms with Gasteiger partial charge in [-0.05, 0) is 36.6 Å². The van der Waals surface area contributed by atoms with Crippen LogP contribution in [0.2, 0.25) is 0 Å². The highest BCUT2D eigenvalue weighted by Gasteiger charge is 2.44. The van der Waals surface area contributed by atoms with Gasteiger partial charge in [0.15, 0.2) is 0 Å². The number of nitrogens with zero attached hydrogens (tertiary/aromatic N) is 2. The van der Waals surface area contributed by atoms with Crippen LogP contribution in [0.3, 0.4) is 0 Å². The van der Waals surface area contributed by atoms with Crippen LogP contribution < -0.4 is 0 Å². The first-order chi connectivity index (χ1) is 11.4. The molecule has 2 aliphatic rings. The molecule has 3 atom stereocenters. The maximum absolute atomic E-state index is 6.17. The molecule has 0 unspecified atom stereocenters. The van der Waals surface area contributed by atoms with Crippen LogP contribution in [0.5, 0.6) is 0 Å². The lowest BCUT2D eigenvalue weighted by molar-refractivity contribution is -0.0820. The summed E-state index contributed by atoms with van der Waals surface area (Å²) in [5.74, 6) is 1.00. The quantitative estimate of drug-likeness (QED) is 0.849. The molecule has 4 heterocycles. The van der Waals surface area contributed by atoms with Gasteiger partial charge >= 0.3 is 0 Å². The van der Waals surface area contributed by atoms with Gasteiger partial charge in [0.1, 0.15) is 11.9 Å². The van der Waals surface area contributed by atoms with E-state index in [1.165, 1.54) is 0 Å². The summed E-state index contributed by atoms with van der Waals surface area (Å²) >= 11 is 0. The van der Waals surface area contributed by atoms with E-state index in [1.807, 2.05) is 30.5 Å². The predicted molar refractivity (Wildman–Crippen MR) is 84.7 cm³/mol. The van der Waals surface area contributed by atoms with Crippen molar-refractivity contribution in [2.24, 2.45) is 0 Å². The molecule has 2 fully saturated rings. The topological polar surface area (TPSA) is 47.7 Å². The lowest BCUT2D eigenvalue weighted by Gasteiger charge is -2.32. The molecule has 0 N–H and O–H groups in total. The molecular weight excluding hydrogens is 292 g/mol. The molecule has 5 heteroatoms. The summed E-state index contributed by atoms with van der Waals surface area (Å²) in [6.45, 7) is 3.13. The summed E-state index contributed by atoms with van der Waals surface area (Å²) in [6, 6.07) is 8.38. The number of fused-ring (bicyclic) bond motifs is 1. The van der Waals surface area contributed by atoms with E-state index < -0.39 is 0 Å². The van der Waals surface area contributed by atoms with E-state index in [-0.39, 0.29) is 12.2 Å². The second-order valence-electron chi connectivity index (χ2n) is 6.26. The van der Waals surface area contributed by atoms with Crippen LogP contribution in [0.15, 0.2) is 47.3 Å². The van der Waals surface area contributed by atoms with Crippen molar-refractivity contribution in [3.8, 4) is 0 Å². The van der Waals surface area contributed by atoms with Gasteiger partial charge in [-0.15, -0.1) is 0 Å². The van der Waals surface area contributed by atoms with Crippen molar-refractivity contribution in [1.29, 1.82) is 0 Å². The SMILES string of the molecule is c1cncc(CO[C@@H]2CN(Cc3ccco3)[C@H]3CCCO[C@@H]23)c1. The minimum absolute atomic E-state index is 0.107. The first-order valence-corrected chi connectivity index (χ1v) is 8.29. The van der Waals surface area contributed by atoms with Gasteiger partial charge in [-0.1, -0.05) is 6.07 Å². The van der Waals surface area contributed by atoms with E-state index in [1.54, 1.807) is 12.5 Å². The summed E-state index contributed by atoms with van der Waals surface area (Å²) in [7, 11) is 0. The van der Waals surface area contributed by atoms with Crippen molar-refractivity contribution < 1.29 is 13.9 Å². The molecule has 2 aromatic rings. The van der Waals surface area contributed by atoms with Gasteiger partial charge in [-0.3, -0.25) is 9.88 Å². The Morgan fingerprint density at radius 2 is 2.30 bits per heavy atom. The van der Waals surface area contributed by atoms with Gasteiger partial charge < -0.3 is 13.9 Å². The monoisotopic (exact) mass is 314 g/mol. The summed E-state index contributed by atoms with van der Waals surface area (Å²) < 4.78 is 17.7. The number of aromatic nitrogens is 1. The Balaban J connectivity index is 1.42. The smallest absolute Gasteiger partial charge is 0.117 e. The number of hydrogen-bond donors (Lipinski definition) is 0. The van der Waals surface area contributed by atoms with E-state index in [0.29, 0.717) is 12.6 Å². The number of rotatable bonds is 5. The summed E-state index contributed by atoms with van der Waals surface area (Å²) in [4.78, 5) is 6.58. The third kappa shape index (κ3) is 3.32.